The lowest BCUT2D eigenvalue weighted by Crippen LogP contribution is -2.41. The Kier molecular flexibility index (Phi) is 25.0. The molecule has 0 fully saturated rings. The quantitative estimate of drug-likeness (QED) is 0.0350. The van der Waals surface area contributed by atoms with Gasteiger partial charge in [0, 0.05) is 89.0 Å². The Morgan fingerprint density at radius 3 is 1.54 bits per heavy atom. The van der Waals surface area contributed by atoms with Crippen LogP contribution in [0.4, 0.5) is 0 Å². The van der Waals surface area contributed by atoms with E-state index < -0.39 is 14.1 Å². The summed E-state index contributed by atoms with van der Waals surface area (Å²) in [6.07, 6.45) is 1.77. The number of ether oxygens (including phenoxy) is 6. The van der Waals surface area contributed by atoms with Crippen molar-refractivity contribution in [2.75, 3.05) is 86.6 Å². The van der Waals surface area contributed by atoms with Crippen molar-refractivity contribution in [3.63, 3.8) is 0 Å². The van der Waals surface area contributed by atoms with Crippen molar-refractivity contribution in [2.45, 2.75) is 96.9 Å². The molecule has 2 atom stereocenters. The van der Waals surface area contributed by atoms with Crippen LogP contribution in [0.2, 0.25) is 0 Å². The summed E-state index contributed by atoms with van der Waals surface area (Å²) in [7, 11) is 1.60. The maximum absolute atomic E-state index is 11.1. The van der Waals surface area contributed by atoms with Crippen molar-refractivity contribution in [3.05, 3.63) is 191 Å². The van der Waals surface area contributed by atoms with Gasteiger partial charge < -0.3 is 37.8 Å². The molecule has 6 aromatic rings. The normalized spacial score (nSPS) is 15.8. The molecule has 2 unspecified atom stereocenters. The van der Waals surface area contributed by atoms with Crippen molar-refractivity contribution in [1.82, 2.24) is 24.4 Å². The summed E-state index contributed by atoms with van der Waals surface area (Å²) in [5.74, 6) is 2.23. The molecule has 0 radical (unpaired) electrons. The number of benzene rings is 5. The lowest BCUT2D eigenvalue weighted by atomic mass is 9.80. The van der Waals surface area contributed by atoms with E-state index in [0.29, 0.717) is 110 Å². The first-order valence-electron chi connectivity index (χ1n) is 27.9. The highest BCUT2D eigenvalue weighted by molar-refractivity contribution is 7.43. The Labute approximate surface area is 471 Å². The molecular formula is C64H83N6O8P. The van der Waals surface area contributed by atoms with E-state index in [-0.39, 0.29) is 31.3 Å². The fourth-order valence-electron chi connectivity index (χ4n) is 10.4. The fraction of sp³-hybridized carbons (Fsp3) is 0.438. The summed E-state index contributed by atoms with van der Waals surface area (Å²) in [6, 6.07) is 54.3. The molecule has 0 spiro atoms. The van der Waals surface area contributed by atoms with Gasteiger partial charge in [0.15, 0.2) is 0 Å². The highest BCUT2D eigenvalue weighted by Crippen LogP contribution is 2.42. The fourth-order valence-corrected chi connectivity index (χ4v) is 11.6. The van der Waals surface area contributed by atoms with Gasteiger partial charge in [0.1, 0.15) is 29.5 Å². The van der Waals surface area contributed by atoms with Gasteiger partial charge in [-0.05, 0) is 92.6 Å². The smallest absolute Gasteiger partial charge is 0.256 e. The second kappa shape index (κ2) is 32.5. The lowest BCUT2D eigenvalue weighted by Gasteiger charge is -2.36. The zero-order valence-corrected chi connectivity index (χ0v) is 48.2. The maximum Gasteiger partial charge on any atom is 0.256 e. The Morgan fingerprint density at radius 1 is 0.608 bits per heavy atom. The molecule has 2 heterocycles. The van der Waals surface area contributed by atoms with Gasteiger partial charge in [0.2, 0.25) is 0 Å². The minimum Gasteiger partial charge on any atom is -0.497 e. The van der Waals surface area contributed by atoms with Crippen LogP contribution in [-0.2, 0) is 50.5 Å². The van der Waals surface area contributed by atoms with Crippen LogP contribution in [0.1, 0.15) is 86.2 Å². The van der Waals surface area contributed by atoms with E-state index >= 15 is 0 Å². The number of nitriles is 1. The molecule has 5 aromatic carbocycles. The molecule has 79 heavy (non-hydrogen) atoms. The van der Waals surface area contributed by atoms with E-state index in [4.69, 9.17) is 37.9 Å². The molecular weight excluding hydrogens is 1010 g/mol. The first kappa shape index (κ1) is 60.8. The van der Waals surface area contributed by atoms with Crippen LogP contribution < -0.4 is 14.2 Å². The predicted molar refractivity (Wildman–Crippen MR) is 313 cm³/mol. The highest BCUT2D eigenvalue weighted by Gasteiger charge is 2.38. The summed E-state index contributed by atoms with van der Waals surface area (Å²) in [5, 5.41) is 9.73. The molecule has 1 aliphatic heterocycles. The molecule has 0 amide bonds. The van der Waals surface area contributed by atoms with Gasteiger partial charge >= 0.3 is 0 Å². The molecule has 0 aliphatic carbocycles. The summed E-state index contributed by atoms with van der Waals surface area (Å²) in [4.78, 5) is 23.6. The van der Waals surface area contributed by atoms with Crippen LogP contribution in [0, 0.1) is 11.3 Å². The average Bonchev–Trinajstić information content (AvgIpc) is 3.65. The molecule has 14 nitrogen and oxygen atoms in total. The number of rotatable bonds is 24. The summed E-state index contributed by atoms with van der Waals surface area (Å²) in [5.41, 5.74) is 6.07. The van der Waals surface area contributed by atoms with Crippen molar-refractivity contribution in [3.8, 4) is 23.3 Å². The Morgan fingerprint density at radius 2 is 1.08 bits per heavy atom. The van der Waals surface area contributed by atoms with Gasteiger partial charge in [-0.1, -0.05) is 115 Å². The predicted octanol–water partition coefficient (Wildman–Crippen LogP) is 11.3. The largest absolute Gasteiger partial charge is 0.497 e. The third kappa shape index (κ3) is 18.6. The SMILES string of the molecule is COc1ccc(C(OCCOc2cc3nc(c2)CN(Cc2ccccc2)CCOCCN(C(CCC#N)CCOP(O)N(C(C)C)C(C)C)CCOCCN(Cc2ccccc2)C3)(c2ccccc2)c2ccc(OC)cc2)cc1. The van der Waals surface area contributed by atoms with Crippen LogP contribution in [0.5, 0.6) is 17.2 Å². The van der Waals surface area contributed by atoms with E-state index in [1.165, 1.54) is 11.1 Å². The third-order valence-corrected chi connectivity index (χ3v) is 15.9. The first-order chi connectivity index (χ1) is 38.6. The van der Waals surface area contributed by atoms with Crippen molar-refractivity contribution in [2.24, 2.45) is 0 Å². The number of aromatic nitrogens is 1. The van der Waals surface area contributed by atoms with Gasteiger partial charge in [-0.15, -0.1) is 0 Å². The van der Waals surface area contributed by atoms with Crippen molar-refractivity contribution in [1.29, 1.82) is 5.26 Å². The lowest BCUT2D eigenvalue weighted by molar-refractivity contribution is -0.00251. The summed E-state index contributed by atoms with van der Waals surface area (Å²) >= 11 is 0. The zero-order chi connectivity index (χ0) is 55.7. The Bertz CT molecular complexity index is 2550. The number of methoxy groups -OCH3 is 2. The number of pyridine rings is 1. The molecule has 7 rings (SSSR count). The van der Waals surface area contributed by atoms with Crippen LogP contribution in [0.3, 0.4) is 0 Å². The second-order valence-corrected chi connectivity index (χ2v) is 21.7. The van der Waals surface area contributed by atoms with Gasteiger partial charge in [0.05, 0.1) is 71.3 Å². The van der Waals surface area contributed by atoms with Crippen LogP contribution in [0.25, 0.3) is 0 Å². The molecule has 1 aromatic heterocycles. The summed E-state index contributed by atoms with van der Waals surface area (Å²) in [6.45, 7) is 16.4. The first-order valence-corrected chi connectivity index (χ1v) is 29.0. The number of hydrogen-bond acceptors (Lipinski definition) is 14. The molecule has 422 valence electrons. The topological polar surface area (TPSA) is 134 Å². The molecule has 0 saturated carbocycles. The third-order valence-electron chi connectivity index (χ3n) is 14.2. The maximum atomic E-state index is 11.1. The molecule has 1 aliphatic rings. The van der Waals surface area contributed by atoms with Gasteiger partial charge in [-0.3, -0.25) is 19.7 Å². The number of hydrogen-bond donors (Lipinski definition) is 1. The van der Waals surface area contributed by atoms with E-state index in [2.05, 4.69) is 146 Å². The molecule has 15 heteroatoms. The standard InChI is InChI=1S/C64H83N6O8P/c1-51(2)70(52(3)4)79(71)78-38-32-60(23-16-33-65)69-36-41-74-39-34-67(47-53-17-10-7-11-18-53)49-58-45-63(46-59(66-58)50-68(35-40-75-42-37-69)48-54-19-12-8-13-20-54)76-43-44-77-64(55-21-14-9-15-22-55,56-24-28-61(72-5)29-25-56)57-26-30-62(73-6)31-27-57/h7-15,17-22,24-31,45-46,51-52,60,71H,16,23,32,34-44,47-50H2,1-6H3. The molecule has 0 saturated heterocycles. The average molecular weight is 1100 g/mol. The van der Waals surface area contributed by atoms with Crippen LogP contribution in [-0.4, -0.2) is 134 Å². The van der Waals surface area contributed by atoms with Gasteiger partial charge in [0.25, 0.3) is 8.53 Å². The molecule has 2 bridgehead atoms. The van der Waals surface area contributed by atoms with Crippen molar-refractivity contribution < 1.29 is 37.8 Å². The van der Waals surface area contributed by atoms with Crippen molar-refractivity contribution >= 4 is 8.53 Å². The zero-order valence-electron chi connectivity index (χ0n) is 47.3. The monoisotopic (exact) mass is 1090 g/mol. The second-order valence-electron chi connectivity index (χ2n) is 20.4. The minimum atomic E-state index is -1.75. The van der Waals surface area contributed by atoms with Crippen LogP contribution >= 0.6 is 8.53 Å². The molecule has 1 N–H and O–H groups in total. The van der Waals surface area contributed by atoms with E-state index in [9.17, 15) is 10.2 Å². The van der Waals surface area contributed by atoms with E-state index in [1.54, 1.807) is 14.2 Å². The van der Waals surface area contributed by atoms with Gasteiger partial charge in [-0.2, -0.15) is 5.26 Å². The number of fused-ring (bicyclic) bond motifs is 2. The minimum absolute atomic E-state index is 0.0454. The van der Waals surface area contributed by atoms with E-state index in [0.717, 1.165) is 39.6 Å². The van der Waals surface area contributed by atoms with E-state index in [1.807, 2.05) is 59.3 Å². The Hall–Kier alpha value is -5.79. The Balaban J connectivity index is 1.14. The van der Waals surface area contributed by atoms with Crippen LogP contribution in [0.15, 0.2) is 152 Å². The van der Waals surface area contributed by atoms with Gasteiger partial charge in [-0.25, -0.2) is 4.67 Å². The highest BCUT2D eigenvalue weighted by atomic mass is 31.2. The summed E-state index contributed by atoms with van der Waals surface area (Å²) < 4.78 is 46.2. The number of nitrogens with zero attached hydrogens (tertiary/aromatic N) is 6.